The van der Waals surface area contributed by atoms with E-state index in [1.54, 1.807) is 11.0 Å². The second-order valence-electron chi connectivity index (χ2n) is 9.78. The lowest BCUT2D eigenvalue weighted by Gasteiger charge is -2.42. The summed E-state index contributed by atoms with van der Waals surface area (Å²) in [6.07, 6.45) is -0.182. The van der Waals surface area contributed by atoms with Gasteiger partial charge in [0.25, 0.3) is 0 Å². The number of likely N-dealkylation sites (N-methyl/N-ethyl adjacent to an activating group) is 1. The van der Waals surface area contributed by atoms with Crippen molar-refractivity contribution >= 4 is 26.8 Å². The van der Waals surface area contributed by atoms with Gasteiger partial charge in [0, 0.05) is 31.6 Å². The molecule has 202 valence electrons. The van der Waals surface area contributed by atoms with Crippen molar-refractivity contribution in [2.45, 2.75) is 53.1 Å². The van der Waals surface area contributed by atoms with Crippen molar-refractivity contribution in [1.82, 2.24) is 9.80 Å². The lowest BCUT2D eigenvalue weighted by atomic mass is 9.78. The third kappa shape index (κ3) is 8.11. The first-order valence-corrected chi connectivity index (χ1v) is 13.1. The van der Waals surface area contributed by atoms with Crippen LogP contribution in [0.1, 0.15) is 39.7 Å². The number of ketones is 1. The summed E-state index contributed by atoms with van der Waals surface area (Å²) in [5.74, 6) is 0.00303. The standard InChI is InChI=1S/C25H40N3O7P/c1-16-17(2)23(19(4)29)35-24(18(16)3)34-22-9-8-20(14-21(22)28(31)32)15-33-25(30)27(10-7-13-36)12-11-26(5)6/h8-9,14,16-18,23-24H,7,10-13,15,36H2,1-6H3/t16-,17?,18-,23?,24?/m0/s1. The Bertz CT molecular complexity index is 914. The van der Waals surface area contributed by atoms with Crippen molar-refractivity contribution < 1.29 is 28.7 Å². The van der Waals surface area contributed by atoms with E-state index in [-0.39, 0.29) is 41.6 Å². The minimum Gasteiger partial charge on any atom is -0.457 e. The maximum absolute atomic E-state index is 12.6. The van der Waals surface area contributed by atoms with Gasteiger partial charge in [-0.2, -0.15) is 0 Å². The van der Waals surface area contributed by atoms with Gasteiger partial charge < -0.3 is 24.0 Å². The number of carbonyl (C=O) groups is 2. The van der Waals surface area contributed by atoms with Crippen LogP contribution in [-0.2, 0) is 20.9 Å². The van der Waals surface area contributed by atoms with Gasteiger partial charge in [-0.25, -0.2) is 4.79 Å². The summed E-state index contributed by atoms with van der Waals surface area (Å²) in [5, 5.41) is 11.8. The van der Waals surface area contributed by atoms with Crippen molar-refractivity contribution in [1.29, 1.82) is 0 Å². The van der Waals surface area contributed by atoms with E-state index in [0.717, 1.165) is 12.6 Å². The molecule has 0 bridgehead atoms. The molecule has 11 heteroatoms. The van der Waals surface area contributed by atoms with Gasteiger partial charge in [-0.05, 0) is 57.1 Å². The molecule has 1 aromatic rings. The molecule has 4 unspecified atom stereocenters. The second kappa shape index (κ2) is 13.9. The maximum Gasteiger partial charge on any atom is 0.410 e. The Morgan fingerprint density at radius 1 is 1.11 bits per heavy atom. The van der Waals surface area contributed by atoms with Gasteiger partial charge in [0.15, 0.2) is 11.5 Å². The number of carbonyl (C=O) groups excluding carboxylic acids is 2. The van der Waals surface area contributed by atoms with Crippen LogP contribution >= 0.6 is 9.24 Å². The molecule has 0 aliphatic carbocycles. The molecular weight excluding hydrogens is 485 g/mol. The maximum atomic E-state index is 12.6. The normalized spacial score (nSPS) is 23.8. The summed E-state index contributed by atoms with van der Waals surface area (Å²) in [7, 11) is 6.51. The van der Waals surface area contributed by atoms with Gasteiger partial charge in [0.05, 0.1) is 4.92 Å². The Hall–Kier alpha value is -2.29. The van der Waals surface area contributed by atoms with Crippen molar-refractivity contribution in [2.24, 2.45) is 17.8 Å². The van der Waals surface area contributed by atoms with Gasteiger partial charge in [-0.15, -0.1) is 9.24 Å². The number of nitrogens with zero attached hydrogens (tertiary/aromatic N) is 3. The molecule has 10 nitrogen and oxygen atoms in total. The summed E-state index contributed by atoms with van der Waals surface area (Å²) in [6, 6.07) is 4.46. The largest absolute Gasteiger partial charge is 0.457 e. The molecule has 1 aliphatic rings. The summed E-state index contributed by atoms with van der Waals surface area (Å²) in [5.41, 5.74) is 0.222. The summed E-state index contributed by atoms with van der Waals surface area (Å²) < 4.78 is 17.3. The minimum absolute atomic E-state index is 0.0118. The molecular formula is C25H40N3O7P. The average Bonchev–Trinajstić information content (AvgIpc) is 2.82. The molecule has 0 saturated carbocycles. The highest BCUT2D eigenvalue weighted by molar-refractivity contribution is 7.16. The number of hydrogen-bond donors (Lipinski definition) is 0. The Labute approximate surface area is 216 Å². The summed E-state index contributed by atoms with van der Waals surface area (Å²) >= 11 is 0. The van der Waals surface area contributed by atoms with Crippen LogP contribution in [0.15, 0.2) is 18.2 Å². The Kier molecular flexibility index (Phi) is 11.5. The van der Waals surface area contributed by atoms with Crippen molar-refractivity contribution in [3.8, 4) is 5.75 Å². The van der Waals surface area contributed by atoms with E-state index >= 15 is 0 Å². The van der Waals surface area contributed by atoms with Crippen LogP contribution in [0.2, 0.25) is 0 Å². The van der Waals surface area contributed by atoms with E-state index in [0.29, 0.717) is 25.2 Å². The van der Waals surface area contributed by atoms with Crippen LogP contribution in [0.4, 0.5) is 10.5 Å². The highest BCUT2D eigenvalue weighted by Crippen LogP contribution is 2.38. The number of ether oxygens (including phenoxy) is 3. The van der Waals surface area contributed by atoms with Crippen LogP contribution in [0.25, 0.3) is 0 Å². The van der Waals surface area contributed by atoms with Crippen LogP contribution < -0.4 is 4.74 Å². The molecule has 2 rings (SSSR count). The van der Waals surface area contributed by atoms with Crippen molar-refractivity contribution in [3.63, 3.8) is 0 Å². The molecule has 1 fully saturated rings. The van der Waals surface area contributed by atoms with Crippen LogP contribution in [0.5, 0.6) is 5.75 Å². The fourth-order valence-corrected chi connectivity index (χ4v) is 4.33. The SMILES string of the molecule is CC(=O)C1OC(Oc2ccc(COC(=O)N(CCCP)CCN(C)C)cc2[N+](=O)[O-])[C@@H](C)[C@@H](C)C1C. The quantitative estimate of drug-likeness (QED) is 0.229. The molecule has 0 N–H and O–H groups in total. The number of hydrogen-bond acceptors (Lipinski definition) is 8. The average molecular weight is 526 g/mol. The number of nitro groups is 1. The van der Waals surface area contributed by atoms with Gasteiger partial charge >= 0.3 is 11.8 Å². The van der Waals surface area contributed by atoms with Crippen LogP contribution in [-0.4, -0.2) is 78.9 Å². The zero-order chi connectivity index (χ0) is 27.0. The van der Waals surface area contributed by atoms with Crippen molar-refractivity contribution in [3.05, 3.63) is 33.9 Å². The molecule has 0 aromatic heterocycles. The van der Waals surface area contributed by atoms with E-state index in [1.807, 2.05) is 39.8 Å². The molecule has 1 heterocycles. The summed E-state index contributed by atoms with van der Waals surface area (Å²) in [4.78, 5) is 39.6. The third-order valence-electron chi connectivity index (χ3n) is 6.78. The smallest absolute Gasteiger partial charge is 0.410 e. The number of amides is 1. The highest BCUT2D eigenvalue weighted by Gasteiger charge is 2.42. The predicted octanol–water partition coefficient (Wildman–Crippen LogP) is 3.96. The fourth-order valence-electron chi connectivity index (χ4n) is 4.15. The predicted molar refractivity (Wildman–Crippen MR) is 140 cm³/mol. The molecule has 0 radical (unpaired) electrons. The Morgan fingerprint density at radius 2 is 1.81 bits per heavy atom. The molecule has 36 heavy (non-hydrogen) atoms. The molecule has 1 aromatic carbocycles. The number of Topliss-reactive ketones (excluding diaryl/α,β-unsaturated/α-hetero) is 1. The lowest BCUT2D eigenvalue weighted by molar-refractivity contribution is -0.386. The first-order chi connectivity index (χ1) is 17.0. The monoisotopic (exact) mass is 525 g/mol. The molecule has 6 atom stereocenters. The van der Waals surface area contributed by atoms with E-state index < -0.39 is 23.4 Å². The van der Waals surface area contributed by atoms with Gasteiger partial charge in [-0.3, -0.25) is 14.9 Å². The van der Waals surface area contributed by atoms with Gasteiger partial charge in [0.2, 0.25) is 6.29 Å². The topological polar surface area (TPSA) is 111 Å². The van der Waals surface area contributed by atoms with E-state index in [2.05, 4.69) is 9.24 Å². The van der Waals surface area contributed by atoms with Crippen LogP contribution in [0.3, 0.4) is 0 Å². The molecule has 1 aliphatic heterocycles. The Balaban J connectivity index is 2.13. The highest BCUT2D eigenvalue weighted by atomic mass is 31.0. The van der Waals surface area contributed by atoms with Gasteiger partial charge in [0.1, 0.15) is 12.7 Å². The first kappa shape index (κ1) is 29.9. The third-order valence-corrected chi connectivity index (χ3v) is 7.19. The zero-order valence-electron chi connectivity index (χ0n) is 22.1. The second-order valence-corrected chi connectivity index (χ2v) is 10.4. The van der Waals surface area contributed by atoms with E-state index in [1.165, 1.54) is 19.1 Å². The number of nitro benzene ring substituents is 1. The molecule has 1 amide bonds. The minimum atomic E-state index is -0.797. The number of rotatable bonds is 12. The Morgan fingerprint density at radius 3 is 2.39 bits per heavy atom. The van der Waals surface area contributed by atoms with Crippen LogP contribution in [0, 0.1) is 27.9 Å². The van der Waals surface area contributed by atoms with E-state index in [9.17, 15) is 19.7 Å². The fraction of sp³-hybridized carbons (Fsp3) is 0.680. The molecule has 0 spiro atoms. The van der Waals surface area contributed by atoms with Crippen molar-refractivity contribution in [2.75, 3.05) is 39.9 Å². The zero-order valence-corrected chi connectivity index (χ0v) is 23.3. The summed E-state index contributed by atoms with van der Waals surface area (Å²) in [6.45, 7) is 9.11. The van der Waals surface area contributed by atoms with E-state index in [4.69, 9.17) is 14.2 Å². The van der Waals surface area contributed by atoms with Gasteiger partial charge in [-0.1, -0.05) is 26.8 Å². The first-order valence-electron chi connectivity index (χ1n) is 12.3. The number of benzene rings is 1. The molecule has 1 saturated heterocycles. The lowest BCUT2D eigenvalue weighted by Crippen LogP contribution is -2.49.